The summed E-state index contributed by atoms with van der Waals surface area (Å²) < 4.78 is 5.56. The summed E-state index contributed by atoms with van der Waals surface area (Å²) in [4.78, 5) is 14.2. The summed E-state index contributed by atoms with van der Waals surface area (Å²) in [5.74, 6) is 0.694. The largest absolute Gasteiger partial charge is 0.491 e. The maximum Gasteiger partial charge on any atom is 0.226 e. The SMILES string of the molecule is CNCC1CCCN1C(=O)CCOc1ccc(Cl)cc1Cl.Cl. The summed E-state index contributed by atoms with van der Waals surface area (Å²) in [5.41, 5.74) is 0. The van der Waals surface area contributed by atoms with E-state index < -0.39 is 0 Å². The molecule has 22 heavy (non-hydrogen) atoms. The molecule has 2 rings (SSSR count). The van der Waals surface area contributed by atoms with E-state index in [9.17, 15) is 4.79 Å². The molecule has 124 valence electrons. The van der Waals surface area contributed by atoms with Crippen LogP contribution in [-0.4, -0.2) is 43.6 Å². The van der Waals surface area contributed by atoms with Crippen LogP contribution >= 0.6 is 35.6 Å². The Morgan fingerprint density at radius 1 is 1.45 bits per heavy atom. The van der Waals surface area contributed by atoms with Crippen molar-refractivity contribution < 1.29 is 9.53 Å². The Kier molecular flexibility index (Phi) is 8.33. The molecular formula is C15H21Cl3N2O2. The second kappa shape index (κ2) is 9.46. The molecule has 0 radical (unpaired) electrons. The Hall–Kier alpha value is -0.680. The van der Waals surface area contributed by atoms with Crippen molar-refractivity contribution in [1.82, 2.24) is 10.2 Å². The van der Waals surface area contributed by atoms with Gasteiger partial charge in [-0.1, -0.05) is 23.2 Å². The van der Waals surface area contributed by atoms with Gasteiger partial charge in [0.2, 0.25) is 5.91 Å². The number of amides is 1. The van der Waals surface area contributed by atoms with E-state index in [1.54, 1.807) is 18.2 Å². The highest BCUT2D eigenvalue weighted by molar-refractivity contribution is 6.35. The van der Waals surface area contributed by atoms with Gasteiger partial charge >= 0.3 is 0 Å². The van der Waals surface area contributed by atoms with E-state index in [2.05, 4.69) is 5.32 Å². The van der Waals surface area contributed by atoms with E-state index in [-0.39, 0.29) is 18.3 Å². The number of benzene rings is 1. The van der Waals surface area contributed by atoms with Crippen LogP contribution in [0.15, 0.2) is 18.2 Å². The first-order valence-electron chi connectivity index (χ1n) is 7.13. The van der Waals surface area contributed by atoms with Crippen molar-refractivity contribution in [1.29, 1.82) is 0 Å². The van der Waals surface area contributed by atoms with Crippen LogP contribution in [0.3, 0.4) is 0 Å². The highest BCUT2D eigenvalue weighted by Gasteiger charge is 2.27. The predicted molar refractivity (Wildman–Crippen MR) is 92.5 cm³/mol. The number of hydrogen-bond donors (Lipinski definition) is 1. The zero-order valence-electron chi connectivity index (χ0n) is 12.5. The molecule has 1 aromatic carbocycles. The van der Waals surface area contributed by atoms with Crippen molar-refractivity contribution in [3.63, 3.8) is 0 Å². The number of halogens is 3. The Bertz CT molecular complexity index is 500. The standard InChI is InChI=1S/C15H20Cl2N2O2.ClH/c1-18-10-12-3-2-7-19(12)15(20)6-8-21-14-5-4-11(16)9-13(14)17;/h4-5,9,12,18H,2-3,6-8,10H2,1H3;1H. The number of carbonyl (C=O) groups is 1. The normalized spacial score (nSPS) is 17.2. The van der Waals surface area contributed by atoms with Crippen molar-refractivity contribution in [2.24, 2.45) is 0 Å². The molecule has 1 amide bonds. The molecule has 0 saturated carbocycles. The van der Waals surface area contributed by atoms with Crippen LogP contribution in [-0.2, 0) is 4.79 Å². The highest BCUT2D eigenvalue weighted by atomic mass is 35.5. The minimum absolute atomic E-state index is 0. The summed E-state index contributed by atoms with van der Waals surface area (Å²) in [7, 11) is 1.91. The van der Waals surface area contributed by atoms with Gasteiger partial charge in [-0.15, -0.1) is 12.4 Å². The molecular weight excluding hydrogens is 347 g/mol. The van der Waals surface area contributed by atoms with Gasteiger partial charge in [0.15, 0.2) is 0 Å². The quantitative estimate of drug-likeness (QED) is 0.838. The van der Waals surface area contributed by atoms with E-state index in [1.807, 2.05) is 11.9 Å². The van der Waals surface area contributed by atoms with Crippen LogP contribution in [0.2, 0.25) is 10.0 Å². The van der Waals surface area contributed by atoms with E-state index in [0.29, 0.717) is 34.9 Å². The summed E-state index contributed by atoms with van der Waals surface area (Å²) in [6, 6.07) is 5.37. The molecule has 7 heteroatoms. The lowest BCUT2D eigenvalue weighted by molar-refractivity contribution is -0.132. The van der Waals surface area contributed by atoms with Crippen LogP contribution in [0.25, 0.3) is 0 Å². The molecule has 1 unspecified atom stereocenters. The van der Waals surface area contributed by atoms with E-state index in [0.717, 1.165) is 25.9 Å². The van der Waals surface area contributed by atoms with Crippen LogP contribution < -0.4 is 10.1 Å². The van der Waals surface area contributed by atoms with E-state index in [1.165, 1.54) is 0 Å². The zero-order valence-corrected chi connectivity index (χ0v) is 14.8. The molecule has 1 N–H and O–H groups in total. The first-order chi connectivity index (χ1) is 10.1. The van der Waals surface area contributed by atoms with Gasteiger partial charge in [-0.25, -0.2) is 0 Å². The molecule has 1 aliphatic heterocycles. The molecule has 0 bridgehead atoms. The Labute approximate surface area is 147 Å². The molecule has 1 fully saturated rings. The van der Waals surface area contributed by atoms with E-state index >= 15 is 0 Å². The lowest BCUT2D eigenvalue weighted by atomic mass is 10.2. The van der Waals surface area contributed by atoms with Crippen molar-refractivity contribution in [2.75, 3.05) is 26.7 Å². The maximum absolute atomic E-state index is 12.2. The van der Waals surface area contributed by atoms with Crippen LogP contribution in [0, 0.1) is 0 Å². The fraction of sp³-hybridized carbons (Fsp3) is 0.533. The maximum atomic E-state index is 12.2. The molecule has 4 nitrogen and oxygen atoms in total. The third-order valence-corrected chi connectivity index (χ3v) is 4.14. The van der Waals surface area contributed by atoms with Crippen molar-refractivity contribution in [2.45, 2.75) is 25.3 Å². The second-order valence-corrected chi connectivity index (χ2v) is 5.96. The second-order valence-electron chi connectivity index (χ2n) is 5.11. The Morgan fingerprint density at radius 3 is 2.91 bits per heavy atom. The van der Waals surface area contributed by atoms with Crippen LogP contribution in [0.4, 0.5) is 0 Å². The fourth-order valence-electron chi connectivity index (χ4n) is 2.60. The van der Waals surface area contributed by atoms with Crippen molar-refractivity contribution >= 4 is 41.5 Å². The van der Waals surface area contributed by atoms with Gasteiger partial charge in [0.25, 0.3) is 0 Å². The number of nitrogens with one attached hydrogen (secondary N) is 1. The molecule has 1 aromatic rings. The van der Waals surface area contributed by atoms with Gasteiger partial charge in [-0.05, 0) is 38.1 Å². The molecule has 1 atom stereocenters. The monoisotopic (exact) mass is 366 g/mol. The summed E-state index contributed by atoms with van der Waals surface area (Å²) in [5, 5.41) is 4.16. The minimum Gasteiger partial charge on any atom is -0.491 e. The first-order valence-corrected chi connectivity index (χ1v) is 7.89. The van der Waals surface area contributed by atoms with Crippen molar-refractivity contribution in [3.05, 3.63) is 28.2 Å². The number of likely N-dealkylation sites (tertiary alicyclic amines) is 1. The molecule has 0 aliphatic carbocycles. The van der Waals surface area contributed by atoms with Gasteiger partial charge in [-0.3, -0.25) is 4.79 Å². The number of likely N-dealkylation sites (N-methyl/N-ethyl adjacent to an activating group) is 1. The van der Waals surface area contributed by atoms with Gasteiger partial charge in [0.1, 0.15) is 5.75 Å². The predicted octanol–water partition coefficient (Wildman–Crippen LogP) is 3.39. The third kappa shape index (κ3) is 5.20. The molecule has 1 aliphatic rings. The van der Waals surface area contributed by atoms with Gasteiger partial charge in [0.05, 0.1) is 18.1 Å². The fourth-order valence-corrected chi connectivity index (χ4v) is 3.06. The average Bonchev–Trinajstić information content (AvgIpc) is 2.90. The molecule has 1 saturated heterocycles. The van der Waals surface area contributed by atoms with E-state index in [4.69, 9.17) is 27.9 Å². The summed E-state index contributed by atoms with van der Waals surface area (Å²) in [6.07, 6.45) is 2.50. The van der Waals surface area contributed by atoms with Gasteiger partial charge < -0.3 is 15.0 Å². The number of carbonyl (C=O) groups excluding carboxylic acids is 1. The number of hydrogen-bond acceptors (Lipinski definition) is 3. The zero-order chi connectivity index (χ0) is 15.2. The Balaban J connectivity index is 0.00000242. The van der Waals surface area contributed by atoms with Crippen molar-refractivity contribution in [3.8, 4) is 5.75 Å². The molecule has 0 spiro atoms. The number of nitrogens with zero attached hydrogens (tertiary/aromatic N) is 1. The first kappa shape index (κ1) is 19.4. The lowest BCUT2D eigenvalue weighted by Gasteiger charge is -2.24. The third-order valence-electron chi connectivity index (χ3n) is 3.60. The smallest absolute Gasteiger partial charge is 0.226 e. The lowest BCUT2D eigenvalue weighted by Crippen LogP contribution is -2.41. The minimum atomic E-state index is 0. The Morgan fingerprint density at radius 2 is 2.23 bits per heavy atom. The molecule has 0 aromatic heterocycles. The number of rotatable bonds is 6. The van der Waals surface area contributed by atoms with Crippen LogP contribution in [0.1, 0.15) is 19.3 Å². The van der Waals surface area contributed by atoms with Gasteiger partial charge in [-0.2, -0.15) is 0 Å². The van der Waals surface area contributed by atoms with Crippen LogP contribution in [0.5, 0.6) is 5.75 Å². The number of ether oxygens (including phenoxy) is 1. The topological polar surface area (TPSA) is 41.6 Å². The summed E-state index contributed by atoms with van der Waals surface area (Å²) >= 11 is 11.8. The van der Waals surface area contributed by atoms with Gasteiger partial charge in [0, 0.05) is 24.2 Å². The highest BCUT2D eigenvalue weighted by Crippen LogP contribution is 2.27. The molecule has 1 heterocycles. The summed E-state index contributed by atoms with van der Waals surface area (Å²) in [6.45, 7) is 2.01. The average molecular weight is 368 g/mol.